The van der Waals surface area contributed by atoms with Gasteiger partial charge in [0.2, 0.25) is 0 Å². The van der Waals surface area contributed by atoms with Crippen LogP contribution in [-0.2, 0) is 17.8 Å². The van der Waals surface area contributed by atoms with Crippen molar-refractivity contribution in [1.82, 2.24) is 15.5 Å². The first-order valence-corrected chi connectivity index (χ1v) is 9.85. The Morgan fingerprint density at radius 1 is 1.07 bits per heavy atom. The van der Waals surface area contributed by atoms with Crippen LogP contribution in [0.15, 0.2) is 29.3 Å². The van der Waals surface area contributed by atoms with E-state index >= 15 is 0 Å². The van der Waals surface area contributed by atoms with E-state index in [2.05, 4.69) is 49.5 Å². The zero-order valence-corrected chi connectivity index (χ0v) is 16.5. The van der Waals surface area contributed by atoms with E-state index in [0.717, 1.165) is 12.1 Å². The predicted octanol–water partition coefficient (Wildman–Crippen LogP) is 3.31. The first-order chi connectivity index (χ1) is 13.5. The average molecular weight is 400 g/mol. The summed E-state index contributed by atoms with van der Waals surface area (Å²) in [6.45, 7) is 3.36. The molecule has 1 aromatic rings. The molecule has 0 aliphatic carbocycles. The Morgan fingerprint density at radius 2 is 1.75 bits per heavy atom. The van der Waals surface area contributed by atoms with Crippen LogP contribution in [0.5, 0.6) is 0 Å². The topological polar surface area (TPSA) is 48.9 Å². The molecule has 1 aromatic carbocycles. The molecule has 1 heterocycles. The predicted molar refractivity (Wildman–Crippen MR) is 105 cm³/mol. The summed E-state index contributed by atoms with van der Waals surface area (Å²) < 4.78 is 40.5. The van der Waals surface area contributed by atoms with E-state index in [0.29, 0.717) is 25.5 Å². The van der Waals surface area contributed by atoms with E-state index in [9.17, 15) is 13.2 Å². The maximum absolute atomic E-state index is 12.0. The van der Waals surface area contributed by atoms with Crippen molar-refractivity contribution in [3.05, 3.63) is 35.4 Å². The number of rotatable bonds is 9. The van der Waals surface area contributed by atoms with Crippen LogP contribution in [0.4, 0.5) is 13.2 Å². The van der Waals surface area contributed by atoms with Gasteiger partial charge in [-0.2, -0.15) is 13.2 Å². The number of likely N-dealkylation sites (tertiary alicyclic amines) is 1. The lowest BCUT2D eigenvalue weighted by atomic mass is 10.1. The van der Waals surface area contributed by atoms with Gasteiger partial charge in [0.25, 0.3) is 0 Å². The van der Waals surface area contributed by atoms with Gasteiger partial charge in [0.05, 0.1) is 0 Å². The summed E-state index contributed by atoms with van der Waals surface area (Å²) in [7, 11) is 1.66. The summed E-state index contributed by atoms with van der Waals surface area (Å²) in [5, 5.41) is 6.28. The first kappa shape index (κ1) is 22.5. The lowest BCUT2D eigenvalue weighted by Gasteiger charge is -2.26. The zero-order valence-electron chi connectivity index (χ0n) is 16.5. The molecular formula is C20H31F3N4O. The maximum Gasteiger partial charge on any atom is 0.411 e. The number of halogens is 3. The van der Waals surface area contributed by atoms with Crippen LogP contribution < -0.4 is 10.6 Å². The minimum atomic E-state index is -4.27. The lowest BCUT2D eigenvalue weighted by Crippen LogP contribution is -2.37. The number of hydrogen-bond acceptors (Lipinski definition) is 3. The highest BCUT2D eigenvalue weighted by molar-refractivity contribution is 5.79. The third-order valence-electron chi connectivity index (χ3n) is 4.59. The highest BCUT2D eigenvalue weighted by atomic mass is 19.4. The molecule has 8 heteroatoms. The molecule has 0 saturated carbocycles. The number of alkyl halides is 3. The summed E-state index contributed by atoms with van der Waals surface area (Å²) in [5.41, 5.74) is 2.48. The molecule has 1 saturated heterocycles. The van der Waals surface area contributed by atoms with Crippen LogP contribution in [-0.4, -0.2) is 56.9 Å². The second kappa shape index (κ2) is 11.9. The number of piperidine rings is 1. The van der Waals surface area contributed by atoms with Crippen LogP contribution >= 0.6 is 0 Å². The van der Waals surface area contributed by atoms with Crippen molar-refractivity contribution in [2.24, 2.45) is 4.99 Å². The molecule has 1 aliphatic heterocycles. The molecule has 0 radical (unpaired) electrons. The van der Waals surface area contributed by atoms with Gasteiger partial charge in [-0.25, -0.2) is 0 Å². The number of hydrogen-bond donors (Lipinski definition) is 2. The molecule has 0 aromatic heterocycles. The minimum absolute atomic E-state index is 0.0575. The quantitative estimate of drug-likeness (QED) is 0.379. The Bertz CT molecular complexity index is 584. The smallest absolute Gasteiger partial charge is 0.372 e. The highest BCUT2D eigenvalue weighted by Gasteiger charge is 2.27. The van der Waals surface area contributed by atoms with Crippen molar-refractivity contribution in [2.75, 3.05) is 39.9 Å². The van der Waals surface area contributed by atoms with E-state index in [1.54, 1.807) is 7.05 Å². The molecule has 28 heavy (non-hydrogen) atoms. The largest absolute Gasteiger partial charge is 0.411 e. The summed E-state index contributed by atoms with van der Waals surface area (Å²) in [5.74, 6) is 0.619. The molecule has 1 aliphatic rings. The van der Waals surface area contributed by atoms with E-state index in [-0.39, 0.29) is 6.61 Å². The molecule has 2 rings (SSSR count). The fraction of sp³-hybridized carbons (Fsp3) is 0.650. The first-order valence-electron chi connectivity index (χ1n) is 9.85. The summed E-state index contributed by atoms with van der Waals surface area (Å²) in [6, 6.07) is 8.56. The third-order valence-corrected chi connectivity index (χ3v) is 4.59. The van der Waals surface area contributed by atoms with Crippen LogP contribution in [0.2, 0.25) is 0 Å². The SMILES string of the molecule is CN=C(NCCCOCC(F)(F)F)NCc1ccc(CN2CCCCC2)cc1. The van der Waals surface area contributed by atoms with Gasteiger partial charge in [-0.3, -0.25) is 9.89 Å². The van der Waals surface area contributed by atoms with Crippen molar-refractivity contribution in [3.8, 4) is 0 Å². The second-order valence-electron chi connectivity index (χ2n) is 7.03. The molecule has 0 unspecified atom stereocenters. The third kappa shape index (κ3) is 9.41. The van der Waals surface area contributed by atoms with Gasteiger partial charge in [0.1, 0.15) is 6.61 Å². The fourth-order valence-corrected chi connectivity index (χ4v) is 3.11. The Kier molecular flexibility index (Phi) is 9.57. The summed E-state index contributed by atoms with van der Waals surface area (Å²) >= 11 is 0. The van der Waals surface area contributed by atoms with Crippen LogP contribution in [0.1, 0.15) is 36.8 Å². The highest BCUT2D eigenvalue weighted by Crippen LogP contribution is 2.14. The standard InChI is InChI=1S/C20H31F3N4O/c1-24-19(25-10-5-13-28-16-20(21,22)23)26-14-17-6-8-18(9-7-17)15-27-11-3-2-4-12-27/h6-9H,2-5,10-16H2,1H3,(H2,24,25,26). The number of nitrogens with one attached hydrogen (secondary N) is 2. The van der Waals surface area contributed by atoms with Gasteiger partial charge in [-0.1, -0.05) is 30.7 Å². The Labute approximate surface area is 165 Å². The molecule has 0 bridgehead atoms. The second-order valence-corrected chi connectivity index (χ2v) is 7.03. The molecule has 5 nitrogen and oxygen atoms in total. The number of ether oxygens (including phenoxy) is 1. The van der Waals surface area contributed by atoms with Gasteiger partial charge < -0.3 is 15.4 Å². The lowest BCUT2D eigenvalue weighted by molar-refractivity contribution is -0.173. The van der Waals surface area contributed by atoms with Gasteiger partial charge >= 0.3 is 6.18 Å². The monoisotopic (exact) mass is 400 g/mol. The number of benzene rings is 1. The minimum Gasteiger partial charge on any atom is -0.372 e. The van der Waals surface area contributed by atoms with Gasteiger partial charge in [0.15, 0.2) is 5.96 Å². The van der Waals surface area contributed by atoms with Crippen LogP contribution in [0, 0.1) is 0 Å². The molecule has 0 spiro atoms. The van der Waals surface area contributed by atoms with Crippen molar-refractivity contribution in [1.29, 1.82) is 0 Å². The Balaban J connectivity index is 1.63. The maximum atomic E-state index is 12.0. The summed E-state index contributed by atoms with van der Waals surface area (Å²) in [6.07, 6.45) is 0.137. The molecule has 2 N–H and O–H groups in total. The van der Waals surface area contributed by atoms with E-state index in [1.807, 2.05) is 0 Å². The summed E-state index contributed by atoms with van der Waals surface area (Å²) in [4.78, 5) is 6.62. The molecular weight excluding hydrogens is 369 g/mol. The van der Waals surface area contributed by atoms with Crippen molar-refractivity contribution >= 4 is 5.96 Å². The number of nitrogens with zero attached hydrogens (tertiary/aromatic N) is 2. The van der Waals surface area contributed by atoms with Gasteiger partial charge in [0, 0.05) is 33.3 Å². The van der Waals surface area contributed by atoms with Crippen molar-refractivity contribution in [3.63, 3.8) is 0 Å². The van der Waals surface area contributed by atoms with E-state index in [4.69, 9.17) is 0 Å². The van der Waals surface area contributed by atoms with E-state index in [1.165, 1.54) is 37.9 Å². The zero-order chi connectivity index (χ0) is 20.2. The Hall–Kier alpha value is -1.80. The normalized spacial score (nSPS) is 16.2. The van der Waals surface area contributed by atoms with Gasteiger partial charge in [-0.05, 0) is 43.5 Å². The number of guanidine groups is 1. The van der Waals surface area contributed by atoms with Crippen molar-refractivity contribution < 1.29 is 17.9 Å². The van der Waals surface area contributed by atoms with Gasteiger partial charge in [-0.15, -0.1) is 0 Å². The van der Waals surface area contributed by atoms with Crippen LogP contribution in [0.3, 0.4) is 0 Å². The van der Waals surface area contributed by atoms with Crippen molar-refractivity contribution in [2.45, 2.75) is 44.9 Å². The molecule has 1 fully saturated rings. The average Bonchev–Trinajstić information content (AvgIpc) is 2.68. The number of aliphatic imine (C=N–C) groups is 1. The van der Waals surface area contributed by atoms with E-state index < -0.39 is 12.8 Å². The van der Waals surface area contributed by atoms with Crippen LogP contribution in [0.25, 0.3) is 0 Å². The molecule has 0 amide bonds. The molecule has 0 atom stereocenters. The molecule has 158 valence electrons. The fourth-order valence-electron chi connectivity index (χ4n) is 3.11. The Morgan fingerprint density at radius 3 is 2.39 bits per heavy atom.